The number of carboxylic acid groups (broad SMARTS) is 1. The molecule has 0 aliphatic carbocycles. The largest absolute Gasteiger partial charge is 0.481 e. The van der Waals surface area contributed by atoms with Crippen molar-refractivity contribution in [3.8, 4) is 0 Å². The minimum atomic E-state index is -0.927. The molecular formula is C13H24N2O3. The number of hydrogen-bond donors (Lipinski definition) is 1. The summed E-state index contributed by atoms with van der Waals surface area (Å²) in [5.74, 6) is -0.999. The normalized spacial score (nSPS) is 27.2. The van der Waals surface area contributed by atoms with Gasteiger partial charge in [-0.25, -0.2) is 0 Å². The number of aliphatic carboxylic acids is 1. The van der Waals surface area contributed by atoms with E-state index < -0.39 is 12.0 Å². The molecule has 0 aromatic rings. The highest BCUT2D eigenvalue weighted by molar-refractivity contribution is 5.87. The summed E-state index contributed by atoms with van der Waals surface area (Å²) in [5, 5.41) is 8.95. The van der Waals surface area contributed by atoms with E-state index in [4.69, 9.17) is 5.11 Å². The van der Waals surface area contributed by atoms with Gasteiger partial charge in [-0.2, -0.15) is 0 Å². The average molecular weight is 256 g/mol. The van der Waals surface area contributed by atoms with Gasteiger partial charge in [0, 0.05) is 18.1 Å². The first-order valence-corrected chi connectivity index (χ1v) is 6.39. The quantitative estimate of drug-likeness (QED) is 0.806. The lowest BCUT2D eigenvalue weighted by Gasteiger charge is -2.40. The highest BCUT2D eigenvalue weighted by Gasteiger charge is 2.39. The van der Waals surface area contributed by atoms with E-state index >= 15 is 0 Å². The highest BCUT2D eigenvalue weighted by atomic mass is 16.4. The summed E-state index contributed by atoms with van der Waals surface area (Å²) in [7, 11) is 1.82. The Morgan fingerprint density at radius 3 is 2.44 bits per heavy atom. The topological polar surface area (TPSA) is 60.9 Å². The van der Waals surface area contributed by atoms with E-state index in [0.29, 0.717) is 0 Å². The third kappa shape index (κ3) is 3.22. The predicted octanol–water partition coefficient (Wildman–Crippen LogP) is 1.18. The molecule has 0 aromatic carbocycles. The molecule has 1 saturated heterocycles. The first-order valence-electron chi connectivity index (χ1n) is 6.39. The van der Waals surface area contributed by atoms with Gasteiger partial charge in [0.25, 0.3) is 0 Å². The summed E-state index contributed by atoms with van der Waals surface area (Å²) in [6, 6.07) is -0.412. The molecule has 1 aliphatic heterocycles. The van der Waals surface area contributed by atoms with Crippen molar-refractivity contribution in [3.05, 3.63) is 0 Å². The van der Waals surface area contributed by atoms with Crippen LogP contribution in [0.25, 0.3) is 0 Å². The van der Waals surface area contributed by atoms with Crippen molar-refractivity contribution < 1.29 is 14.7 Å². The Morgan fingerprint density at radius 2 is 2.00 bits per heavy atom. The second-order valence-electron chi connectivity index (χ2n) is 6.11. The zero-order valence-electron chi connectivity index (χ0n) is 11.9. The number of carbonyl (C=O) groups is 2. The Hall–Kier alpha value is -1.10. The second-order valence-corrected chi connectivity index (χ2v) is 6.11. The summed E-state index contributed by atoms with van der Waals surface area (Å²) < 4.78 is 0. The van der Waals surface area contributed by atoms with Gasteiger partial charge in [-0.1, -0.05) is 0 Å². The molecule has 1 N–H and O–H groups in total. The lowest BCUT2D eigenvalue weighted by atomic mass is 10.0. The van der Waals surface area contributed by atoms with Crippen molar-refractivity contribution in [1.82, 2.24) is 9.80 Å². The number of likely N-dealkylation sites (N-methyl/N-ethyl adjacent to an activating group) is 1. The summed E-state index contributed by atoms with van der Waals surface area (Å²) in [6.45, 7) is 8.75. The Morgan fingerprint density at radius 1 is 1.44 bits per heavy atom. The van der Waals surface area contributed by atoms with Crippen LogP contribution < -0.4 is 0 Å². The first kappa shape index (κ1) is 15.0. The van der Waals surface area contributed by atoms with Gasteiger partial charge in [-0.3, -0.25) is 14.5 Å². The first-order chi connectivity index (χ1) is 8.14. The maximum Gasteiger partial charge on any atom is 0.305 e. The van der Waals surface area contributed by atoms with Crippen LogP contribution in [-0.2, 0) is 9.59 Å². The molecule has 5 heteroatoms. The molecular weight excluding hydrogens is 232 g/mol. The minimum absolute atomic E-state index is 0.0719. The van der Waals surface area contributed by atoms with Crippen LogP contribution in [0.5, 0.6) is 0 Å². The van der Waals surface area contributed by atoms with Gasteiger partial charge in [0.15, 0.2) is 0 Å². The van der Waals surface area contributed by atoms with Crippen LogP contribution in [0.4, 0.5) is 0 Å². The Balaban J connectivity index is 3.04. The van der Waals surface area contributed by atoms with E-state index in [9.17, 15) is 9.59 Å². The summed E-state index contributed by atoms with van der Waals surface area (Å²) in [6.07, 6.45) is 0.740. The monoisotopic (exact) mass is 256 g/mol. The van der Waals surface area contributed by atoms with E-state index in [0.717, 1.165) is 13.0 Å². The van der Waals surface area contributed by atoms with Crippen LogP contribution in [0.3, 0.4) is 0 Å². The molecule has 1 rings (SSSR count). The van der Waals surface area contributed by atoms with E-state index in [1.54, 1.807) is 0 Å². The molecule has 2 atom stereocenters. The number of carboxylic acids is 1. The van der Waals surface area contributed by atoms with E-state index in [1.165, 1.54) is 0 Å². The molecule has 0 radical (unpaired) electrons. The van der Waals surface area contributed by atoms with Gasteiger partial charge >= 0.3 is 5.97 Å². The SMILES string of the molecule is CC1CCN(C)C(CC(=O)O)C(=O)N1C(C)(C)C. The summed E-state index contributed by atoms with van der Waals surface area (Å²) in [5.41, 5.74) is -0.279. The van der Waals surface area contributed by atoms with E-state index in [-0.39, 0.29) is 23.9 Å². The minimum Gasteiger partial charge on any atom is -0.481 e. The van der Waals surface area contributed by atoms with Crippen LogP contribution in [0.2, 0.25) is 0 Å². The van der Waals surface area contributed by atoms with E-state index in [2.05, 4.69) is 0 Å². The summed E-state index contributed by atoms with van der Waals surface area (Å²) in [4.78, 5) is 27.2. The molecule has 0 spiro atoms. The maximum atomic E-state index is 12.6. The third-order valence-corrected chi connectivity index (χ3v) is 3.49. The van der Waals surface area contributed by atoms with Gasteiger partial charge in [0.2, 0.25) is 5.91 Å². The van der Waals surface area contributed by atoms with E-state index in [1.807, 2.05) is 44.5 Å². The number of amides is 1. The molecule has 18 heavy (non-hydrogen) atoms. The van der Waals surface area contributed by atoms with Crippen LogP contribution >= 0.6 is 0 Å². The molecule has 1 fully saturated rings. The number of rotatable bonds is 2. The standard InChI is InChI=1S/C13H24N2O3/c1-9-6-7-14(5)10(8-11(16)17)12(18)15(9)13(2,3)4/h9-10H,6-8H2,1-5H3,(H,16,17). The molecule has 1 amide bonds. The maximum absolute atomic E-state index is 12.6. The van der Waals surface area contributed by atoms with Crippen molar-refractivity contribution in [2.75, 3.05) is 13.6 Å². The van der Waals surface area contributed by atoms with Crippen LogP contribution in [0.15, 0.2) is 0 Å². The fourth-order valence-corrected chi connectivity index (χ4v) is 2.64. The lowest BCUT2D eigenvalue weighted by molar-refractivity contribution is -0.148. The van der Waals surface area contributed by atoms with Gasteiger partial charge < -0.3 is 10.0 Å². The van der Waals surface area contributed by atoms with Crippen molar-refractivity contribution in [3.63, 3.8) is 0 Å². The molecule has 1 aliphatic rings. The number of carbonyl (C=O) groups excluding carboxylic acids is 1. The number of hydrogen-bond acceptors (Lipinski definition) is 3. The average Bonchev–Trinajstić information content (AvgIpc) is 2.28. The zero-order chi connectivity index (χ0) is 14.1. The second kappa shape index (κ2) is 5.26. The van der Waals surface area contributed by atoms with Crippen molar-refractivity contribution >= 4 is 11.9 Å². The van der Waals surface area contributed by atoms with Crippen LogP contribution in [-0.4, -0.2) is 58.0 Å². The van der Waals surface area contributed by atoms with Crippen LogP contribution in [0.1, 0.15) is 40.5 Å². The Labute approximate surface area is 109 Å². The smallest absolute Gasteiger partial charge is 0.305 e. The fourth-order valence-electron chi connectivity index (χ4n) is 2.64. The Kier molecular flexibility index (Phi) is 4.37. The zero-order valence-corrected chi connectivity index (χ0v) is 11.9. The fraction of sp³-hybridized carbons (Fsp3) is 0.846. The predicted molar refractivity (Wildman–Crippen MR) is 69.3 cm³/mol. The van der Waals surface area contributed by atoms with Gasteiger partial charge in [-0.15, -0.1) is 0 Å². The molecule has 0 saturated carbocycles. The van der Waals surface area contributed by atoms with Crippen molar-refractivity contribution in [1.29, 1.82) is 0 Å². The molecule has 104 valence electrons. The summed E-state index contributed by atoms with van der Waals surface area (Å²) >= 11 is 0. The third-order valence-electron chi connectivity index (χ3n) is 3.49. The van der Waals surface area contributed by atoms with Crippen molar-refractivity contribution in [2.24, 2.45) is 0 Å². The molecule has 2 unspecified atom stereocenters. The number of nitrogens with zero attached hydrogens (tertiary/aromatic N) is 2. The molecule has 0 aromatic heterocycles. The Bertz CT molecular complexity index is 336. The van der Waals surface area contributed by atoms with Crippen LogP contribution in [0, 0.1) is 0 Å². The molecule has 1 heterocycles. The van der Waals surface area contributed by atoms with Gasteiger partial charge in [0.1, 0.15) is 0 Å². The van der Waals surface area contributed by atoms with Gasteiger partial charge in [0.05, 0.1) is 12.5 Å². The van der Waals surface area contributed by atoms with Gasteiger partial charge in [-0.05, 0) is 41.2 Å². The molecule has 0 bridgehead atoms. The highest BCUT2D eigenvalue weighted by Crippen LogP contribution is 2.25. The van der Waals surface area contributed by atoms with Crippen molar-refractivity contribution in [2.45, 2.75) is 58.2 Å². The lowest BCUT2D eigenvalue weighted by Crippen LogP contribution is -2.54. The molecule has 5 nitrogen and oxygen atoms in total.